The van der Waals surface area contributed by atoms with E-state index in [4.69, 9.17) is 0 Å². The van der Waals surface area contributed by atoms with E-state index in [1.165, 1.54) is 11.0 Å². The summed E-state index contributed by atoms with van der Waals surface area (Å²) in [5.74, 6) is -0.653. The summed E-state index contributed by atoms with van der Waals surface area (Å²) in [6, 6.07) is 15.5. The highest BCUT2D eigenvalue weighted by molar-refractivity contribution is 6.45. The molecule has 30 heavy (non-hydrogen) atoms. The Balaban J connectivity index is 1.60. The van der Waals surface area contributed by atoms with Crippen molar-refractivity contribution in [1.82, 2.24) is 9.13 Å². The van der Waals surface area contributed by atoms with E-state index in [-0.39, 0.29) is 18.4 Å². The summed E-state index contributed by atoms with van der Waals surface area (Å²) in [5, 5.41) is 11.0. The third kappa shape index (κ3) is 2.69. The van der Waals surface area contributed by atoms with Gasteiger partial charge < -0.3 is 14.2 Å². The van der Waals surface area contributed by atoms with Crippen LogP contribution in [0.15, 0.2) is 67.0 Å². The molecule has 150 valence electrons. The van der Waals surface area contributed by atoms with Crippen molar-refractivity contribution in [2.24, 2.45) is 7.05 Å². The van der Waals surface area contributed by atoms with E-state index in [1.807, 2.05) is 77.1 Å². The number of carbonyl (C=O) groups excluding carboxylic acids is 2. The highest BCUT2D eigenvalue weighted by atomic mass is 16.3. The number of hydrogen-bond donors (Lipinski definition) is 1. The Hall–Kier alpha value is -3.64. The number of fused-ring (bicyclic) bond motifs is 2. The number of carbonyl (C=O) groups is 2. The Morgan fingerprint density at radius 3 is 2.37 bits per heavy atom. The van der Waals surface area contributed by atoms with E-state index in [1.54, 1.807) is 0 Å². The first-order valence-corrected chi connectivity index (χ1v) is 9.93. The van der Waals surface area contributed by atoms with Crippen LogP contribution in [0.2, 0.25) is 0 Å². The average Bonchev–Trinajstić information content (AvgIpc) is 3.38. The number of hydrogen-bond acceptors (Lipinski definition) is 3. The average molecular weight is 399 g/mol. The van der Waals surface area contributed by atoms with Crippen molar-refractivity contribution in [1.29, 1.82) is 0 Å². The van der Waals surface area contributed by atoms with E-state index in [0.717, 1.165) is 27.4 Å². The molecule has 0 saturated heterocycles. The molecule has 0 fully saturated rings. The maximum Gasteiger partial charge on any atom is 0.266 e. The van der Waals surface area contributed by atoms with Gasteiger partial charge in [-0.3, -0.25) is 9.59 Å². The van der Waals surface area contributed by atoms with Crippen LogP contribution in [0.25, 0.3) is 27.4 Å². The van der Waals surface area contributed by atoms with Crippen LogP contribution in [0, 0.1) is 0 Å². The first kappa shape index (κ1) is 18.4. The van der Waals surface area contributed by atoms with Gasteiger partial charge in [0.15, 0.2) is 0 Å². The number of nitrogens with zero attached hydrogens (tertiary/aromatic N) is 3. The number of benzene rings is 2. The van der Waals surface area contributed by atoms with Gasteiger partial charge in [0.1, 0.15) is 0 Å². The highest BCUT2D eigenvalue weighted by Crippen LogP contribution is 2.36. The smallest absolute Gasteiger partial charge is 0.266 e. The summed E-state index contributed by atoms with van der Waals surface area (Å²) in [6.07, 6.45) is 5.78. The lowest BCUT2D eigenvalue weighted by atomic mass is 10.1. The number of aliphatic hydroxyl groups is 1. The maximum absolute atomic E-state index is 13.4. The molecule has 0 unspecified atom stereocenters. The molecular weight excluding hydrogens is 378 g/mol. The molecule has 1 aliphatic rings. The van der Waals surface area contributed by atoms with Crippen molar-refractivity contribution >= 4 is 44.9 Å². The first-order valence-electron chi connectivity index (χ1n) is 9.93. The second kappa shape index (κ2) is 7.00. The minimum atomic E-state index is -0.335. The summed E-state index contributed by atoms with van der Waals surface area (Å²) >= 11 is 0. The summed E-state index contributed by atoms with van der Waals surface area (Å²) in [6.45, 7) is 0.732. The molecule has 6 heteroatoms. The molecule has 5 rings (SSSR count). The number of aryl methyl sites for hydroxylation is 2. The van der Waals surface area contributed by atoms with E-state index < -0.39 is 0 Å². The van der Waals surface area contributed by atoms with Crippen LogP contribution < -0.4 is 4.90 Å². The SMILES string of the molecule is Cn1cc(N2C(=O)C=C(c3cn(CCCO)c4ccccc34)C2=O)c2ccccc21. The molecule has 2 aromatic carbocycles. The molecule has 4 aromatic rings. The zero-order chi connectivity index (χ0) is 20.8. The van der Waals surface area contributed by atoms with Gasteiger partial charge in [-0.2, -0.15) is 0 Å². The summed E-state index contributed by atoms with van der Waals surface area (Å²) < 4.78 is 3.95. The normalized spacial score (nSPS) is 14.3. The maximum atomic E-state index is 13.4. The Kier molecular flexibility index (Phi) is 4.29. The lowest BCUT2D eigenvalue weighted by Gasteiger charge is -2.13. The predicted octanol–water partition coefficient (Wildman–Crippen LogP) is 3.47. The third-order valence-electron chi connectivity index (χ3n) is 5.67. The molecule has 2 amide bonds. The van der Waals surface area contributed by atoms with Crippen LogP contribution in [0.3, 0.4) is 0 Å². The van der Waals surface area contributed by atoms with Crippen molar-refractivity contribution < 1.29 is 14.7 Å². The molecule has 0 saturated carbocycles. The summed E-state index contributed by atoms with van der Waals surface area (Å²) in [7, 11) is 1.90. The van der Waals surface area contributed by atoms with Crippen molar-refractivity contribution in [2.45, 2.75) is 13.0 Å². The van der Waals surface area contributed by atoms with Gasteiger partial charge in [-0.1, -0.05) is 36.4 Å². The molecule has 1 N–H and O–H groups in total. The van der Waals surface area contributed by atoms with Gasteiger partial charge in [0.25, 0.3) is 11.8 Å². The molecular formula is C24H21N3O3. The van der Waals surface area contributed by atoms with E-state index >= 15 is 0 Å². The quantitative estimate of drug-likeness (QED) is 0.523. The van der Waals surface area contributed by atoms with Gasteiger partial charge in [0.2, 0.25) is 0 Å². The van der Waals surface area contributed by atoms with Crippen LogP contribution in [0.5, 0.6) is 0 Å². The Labute approximate surface area is 173 Å². The van der Waals surface area contributed by atoms with Gasteiger partial charge in [0, 0.05) is 66.0 Å². The van der Waals surface area contributed by atoms with Crippen LogP contribution in [-0.4, -0.2) is 32.7 Å². The van der Waals surface area contributed by atoms with E-state index in [2.05, 4.69) is 0 Å². The van der Waals surface area contributed by atoms with Gasteiger partial charge in [-0.25, -0.2) is 4.90 Å². The molecule has 1 aliphatic heterocycles. The van der Waals surface area contributed by atoms with Gasteiger partial charge in [-0.15, -0.1) is 0 Å². The Morgan fingerprint density at radius 2 is 1.60 bits per heavy atom. The fourth-order valence-electron chi connectivity index (χ4n) is 4.28. The second-order valence-corrected chi connectivity index (χ2v) is 7.51. The van der Waals surface area contributed by atoms with Gasteiger partial charge in [0.05, 0.1) is 11.3 Å². The van der Waals surface area contributed by atoms with Crippen LogP contribution >= 0.6 is 0 Å². The number of amides is 2. The summed E-state index contributed by atoms with van der Waals surface area (Å²) in [5.41, 5.74) is 3.67. The number of imide groups is 1. The van der Waals surface area contributed by atoms with Crippen molar-refractivity contribution in [2.75, 3.05) is 11.5 Å². The van der Waals surface area contributed by atoms with Crippen molar-refractivity contribution in [3.63, 3.8) is 0 Å². The fourth-order valence-corrected chi connectivity index (χ4v) is 4.28. The minimum Gasteiger partial charge on any atom is -0.396 e. The number of anilines is 1. The van der Waals surface area contributed by atoms with Crippen LogP contribution in [-0.2, 0) is 23.2 Å². The largest absolute Gasteiger partial charge is 0.396 e. The molecule has 0 aliphatic carbocycles. The molecule has 0 radical (unpaired) electrons. The van der Waals surface area contributed by atoms with Crippen LogP contribution in [0.4, 0.5) is 5.69 Å². The Bertz CT molecular complexity index is 1340. The standard InChI is InChI=1S/C24H21N3O3/c1-25-15-22(17-8-3-4-9-20(17)25)27-23(29)13-18(24(27)30)19-14-26(11-6-12-28)21-10-5-2-7-16(19)21/h2-5,7-10,13-15,28H,6,11-12H2,1H3. The number of aromatic nitrogens is 2. The van der Waals surface area contributed by atoms with Crippen LogP contribution in [0.1, 0.15) is 12.0 Å². The third-order valence-corrected chi connectivity index (χ3v) is 5.67. The van der Waals surface area contributed by atoms with Gasteiger partial charge >= 0.3 is 0 Å². The first-order chi connectivity index (χ1) is 14.6. The molecule has 0 spiro atoms. The predicted molar refractivity (Wildman–Crippen MR) is 117 cm³/mol. The number of rotatable bonds is 5. The molecule has 3 heterocycles. The number of aliphatic hydroxyl groups excluding tert-OH is 1. The lowest BCUT2D eigenvalue weighted by Crippen LogP contribution is -2.30. The van der Waals surface area contributed by atoms with E-state index in [9.17, 15) is 14.7 Å². The Morgan fingerprint density at radius 1 is 0.900 bits per heavy atom. The van der Waals surface area contributed by atoms with Crippen molar-refractivity contribution in [3.8, 4) is 0 Å². The van der Waals surface area contributed by atoms with Gasteiger partial charge in [-0.05, 0) is 18.6 Å². The monoisotopic (exact) mass is 399 g/mol. The molecule has 0 bridgehead atoms. The molecule has 0 atom stereocenters. The lowest BCUT2D eigenvalue weighted by molar-refractivity contribution is -0.119. The van der Waals surface area contributed by atoms with Crippen molar-refractivity contribution in [3.05, 3.63) is 72.6 Å². The van der Waals surface area contributed by atoms with E-state index in [0.29, 0.717) is 24.2 Å². The molecule has 2 aromatic heterocycles. The molecule has 6 nitrogen and oxygen atoms in total. The second-order valence-electron chi connectivity index (χ2n) is 7.51. The summed E-state index contributed by atoms with van der Waals surface area (Å²) in [4.78, 5) is 27.6. The zero-order valence-electron chi connectivity index (χ0n) is 16.6. The number of para-hydroxylation sites is 2. The minimum absolute atomic E-state index is 0.0941. The topological polar surface area (TPSA) is 67.5 Å². The highest BCUT2D eigenvalue weighted by Gasteiger charge is 2.36. The zero-order valence-corrected chi connectivity index (χ0v) is 16.6. The fraction of sp³-hybridized carbons (Fsp3) is 0.167.